The maximum atomic E-state index is 13.2. The average Bonchev–Trinajstić information content (AvgIpc) is 3.30. The second-order valence-electron chi connectivity index (χ2n) is 12.2. The van der Waals surface area contributed by atoms with Crippen molar-refractivity contribution in [2.75, 3.05) is 5.32 Å². The van der Waals surface area contributed by atoms with Crippen LogP contribution in [0.25, 0.3) is 16.9 Å². The molecule has 8 heteroatoms. The summed E-state index contributed by atoms with van der Waals surface area (Å²) in [6.07, 6.45) is 1.54. The number of imide groups is 1. The van der Waals surface area contributed by atoms with Gasteiger partial charge in [0.25, 0.3) is 5.91 Å². The molecule has 0 aliphatic carbocycles. The van der Waals surface area contributed by atoms with Gasteiger partial charge in [0.05, 0.1) is 0 Å². The first-order valence-corrected chi connectivity index (χ1v) is 12.9. The molecule has 2 aliphatic rings. The SMILES string of the molecule is Cc1cccc2nc(-c3ccc4c(c3)CN(C3CCC(=O)NC3=O)C4=O)c(NC(C)(C)CC(C)(C)C)n12. The van der Waals surface area contributed by atoms with Crippen LogP contribution in [0.1, 0.15) is 75.5 Å². The highest BCUT2D eigenvalue weighted by atomic mass is 16.2. The van der Waals surface area contributed by atoms with E-state index in [9.17, 15) is 14.4 Å². The molecule has 37 heavy (non-hydrogen) atoms. The van der Waals surface area contributed by atoms with Gasteiger partial charge >= 0.3 is 0 Å². The normalized spacial score (nSPS) is 18.4. The van der Waals surface area contributed by atoms with Crippen LogP contribution in [-0.4, -0.2) is 43.6 Å². The first kappa shape index (κ1) is 25.0. The number of aromatic nitrogens is 2. The first-order chi connectivity index (χ1) is 17.3. The van der Waals surface area contributed by atoms with Gasteiger partial charge < -0.3 is 10.2 Å². The Balaban J connectivity index is 1.53. The lowest BCUT2D eigenvalue weighted by atomic mass is 9.82. The Morgan fingerprint density at radius 3 is 2.54 bits per heavy atom. The van der Waals surface area contributed by atoms with Crippen LogP contribution in [0.5, 0.6) is 0 Å². The fourth-order valence-electron chi connectivity index (χ4n) is 5.98. The van der Waals surface area contributed by atoms with Crippen LogP contribution < -0.4 is 10.6 Å². The van der Waals surface area contributed by atoms with Gasteiger partial charge in [0, 0.05) is 35.3 Å². The largest absolute Gasteiger partial charge is 0.364 e. The van der Waals surface area contributed by atoms with E-state index in [0.717, 1.165) is 40.4 Å². The molecule has 2 aliphatic heterocycles. The Morgan fingerprint density at radius 1 is 1.08 bits per heavy atom. The second-order valence-corrected chi connectivity index (χ2v) is 12.2. The summed E-state index contributed by atoms with van der Waals surface area (Å²) >= 11 is 0. The molecule has 3 aromatic rings. The first-order valence-electron chi connectivity index (χ1n) is 12.9. The van der Waals surface area contributed by atoms with Crippen molar-refractivity contribution in [1.29, 1.82) is 0 Å². The van der Waals surface area contributed by atoms with E-state index in [1.165, 1.54) is 0 Å². The molecule has 8 nitrogen and oxygen atoms in total. The number of pyridine rings is 1. The third-order valence-electron chi connectivity index (χ3n) is 7.06. The van der Waals surface area contributed by atoms with Crippen LogP contribution in [0, 0.1) is 12.3 Å². The standard InChI is InChI=1S/C29H35N5O3/c1-17-8-7-9-22-30-24(25(34(17)22)32-29(5,6)16-28(2,3)4)18-10-11-20-19(14-18)15-33(27(20)37)21-12-13-23(35)31-26(21)36/h7-11,14,21,32H,12-13,15-16H2,1-6H3,(H,31,35,36). The van der Waals surface area contributed by atoms with Gasteiger partial charge in [0.2, 0.25) is 11.8 Å². The minimum absolute atomic E-state index is 0.139. The number of aryl methyl sites for hydroxylation is 1. The molecule has 2 aromatic heterocycles. The van der Waals surface area contributed by atoms with Gasteiger partial charge in [-0.2, -0.15) is 0 Å². The number of carbonyl (C=O) groups excluding carboxylic acids is 3. The number of nitrogens with one attached hydrogen (secondary N) is 2. The van der Waals surface area contributed by atoms with Crippen molar-refractivity contribution in [2.45, 2.75) is 78.9 Å². The number of rotatable bonds is 5. The molecule has 1 aromatic carbocycles. The van der Waals surface area contributed by atoms with Gasteiger partial charge in [-0.25, -0.2) is 4.98 Å². The van der Waals surface area contributed by atoms with E-state index >= 15 is 0 Å². The Kier molecular flexibility index (Phi) is 5.89. The van der Waals surface area contributed by atoms with E-state index < -0.39 is 11.9 Å². The van der Waals surface area contributed by atoms with Crippen LogP contribution in [0.3, 0.4) is 0 Å². The molecule has 1 unspecified atom stereocenters. The lowest BCUT2D eigenvalue weighted by Crippen LogP contribution is -2.52. The van der Waals surface area contributed by atoms with Gasteiger partial charge in [0.15, 0.2) is 0 Å². The summed E-state index contributed by atoms with van der Waals surface area (Å²) in [5, 5.41) is 6.15. The van der Waals surface area contributed by atoms with Crippen molar-refractivity contribution in [1.82, 2.24) is 19.6 Å². The summed E-state index contributed by atoms with van der Waals surface area (Å²) in [6.45, 7) is 13.5. The third-order valence-corrected chi connectivity index (χ3v) is 7.06. The fraction of sp³-hybridized carbons (Fsp3) is 0.448. The maximum absolute atomic E-state index is 13.2. The molecule has 0 radical (unpaired) electrons. The molecule has 4 heterocycles. The van der Waals surface area contributed by atoms with E-state index in [1.807, 2.05) is 30.3 Å². The smallest absolute Gasteiger partial charge is 0.255 e. The molecule has 1 saturated heterocycles. The monoisotopic (exact) mass is 501 g/mol. The van der Waals surface area contributed by atoms with Crippen molar-refractivity contribution in [3.63, 3.8) is 0 Å². The maximum Gasteiger partial charge on any atom is 0.255 e. The lowest BCUT2D eigenvalue weighted by molar-refractivity contribution is -0.136. The van der Waals surface area contributed by atoms with Gasteiger partial charge in [-0.15, -0.1) is 0 Å². The second kappa shape index (κ2) is 8.71. The molecule has 5 rings (SSSR count). The number of amides is 3. The van der Waals surface area contributed by atoms with E-state index in [1.54, 1.807) is 4.90 Å². The summed E-state index contributed by atoms with van der Waals surface area (Å²) in [5.74, 6) is 0.0606. The zero-order valence-corrected chi connectivity index (χ0v) is 22.4. The molecule has 1 atom stereocenters. The van der Waals surface area contributed by atoms with Crippen LogP contribution in [-0.2, 0) is 16.1 Å². The minimum atomic E-state index is -0.630. The summed E-state index contributed by atoms with van der Waals surface area (Å²) in [5.41, 5.74) is 5.06. The van der Waals surface area contributed by atoms with Crippen LogP contribution >= 0.6 is 0 Å². The number of hydrogen-bond donors (Lipinski definition) is 2. The summed E-state index contributed by atoms with van der Waals surface area (Å²) in [6, 6.07) is 11.2. The minimum Gasteiger partial charge on any atom is -0.364 e. The highest BCUT2D eigenvalue weighted by Gasteiger charge is 2.39. The molecular weight excluding hydrogens is 466 g/mol. The highest BCUT2D eigenvalue weighted by Crippen LogP contribution is 2.37. The zero-order chi connectivity index (χ0) is 26.7. The van der Waals surface area contributed by atoms with Crippen LogP contribution in [0.2, 0.25) is 0 Å². The van der Waals surface area contributed by atoms with Gasteiger partial charge in [-0.3, -0.25) is 24.1 Å². The molecular formula is C29H35N5O3. The van der Waals surface area contributed by atoms with E-state index in [-0.39, 0.29) is 29.2 Å². The third kappa shape index (κ3) is 4.72. The molecule has 194 valence electrons. The number of anilines is 1. The van der Waals surface area contributed by atoms with E-state index in [0.29, 0.717) is 18.5 Å². The van der Waals surface area contributed by atoms with Gasteiger partial charge in [-0.1, -0.05) is 32.9 Å². The van der Waals surface area contributed by atoms with Gasteiger partial charge in [-0.05, 0) is 68.9 Å². The topological polar surface area (TPSA) is 95.8 Å². The molecule has 0 spiro atoms. The summed E-state index contributed by atoms with van der Waals surface area (Å²) < 4.78 is 2.15. The number of carbonyl (C=O) groups is 3. The average molecular weight is 502 g/mol. The Labute approximate surface area is 217 Å². The molecule has 2 N–H and O–H groups in total. The molecule has 1 fully saturated rings. The van der Waals surface area contributed by atoms with Crippen molar-refractivity contribution >= 4 is 29.2 Å². The predicted molar refractivity (Wildman–Crippen MR) is 143 cm³/mol. The van der Waals surface area contributed by atoms with E-state index in [2.05, 4.69) is 62.6 Å². The molecule has 0 bridgehead atoms. The Bertz CT molecular complexity index is 1430. The number of piperidine rings is 1. The molecule has 3 amide bonds. The summed E-state index contributed by atoms with van der Waals surface area (Å²) in [4.78, 5) is 43.8. The van der Waals surface area contributed by atoms with E-state index in [4.69, 9.17) is 4.98 Å². The quantitative estimate of drug-likeness (QED) is 0.494. The van der Waals surface area contributed by atoms with Crippen LogP contribution in [0.15, 0.2) is 36.4 Å². The Morgan fingerprint density at radius 2 is 1.84 bits per heavy atom. The molecule has 0 saturated carbocycles. The number of imidazole rings is 1. The zero-order valence-electron chi connectivity index (χ0n) is 22.4. The van der Waals surface area contributed by atoms with Crippen molar-refractivity contribution in [3.8, 4) is 11.3 Å². The van der Waals surface area contributed by atoms with Crippen molar-refractivity contribution < 1.29 is 14.4 Å². The summed E-state index contributed by atoms with van der Waals surface area (Å²) in [7, 11) is 0. The fourth-order valence-corrected chi connectivity index (χ4v) is 5.98. The number of hydrogen-bond acceptors (Lipinski definition) is 5. The van der Waals surface area contributed by atoms with Crippen LogP contribution in [0.4, 0.5) is 5.82 Å². The number of benzene rings is 1. The highest BCUT2D eigenvalue weighted by molar-refractivity contribution is 6.05. The number of nitrogens with zero attached hydrogens (tertiary/aromatic N) is 3. The van der Waals surface area contributed by atoms with Crippen molar-refractivity contribution in [3.05, 3.63) is 53.2 Å². The number of fused-ring (bicyclic) bond motifs is 2. The van der Waals surface area contributed by atoms with Crippen molar-refractivity contribution in [2.24, 2.45) is 5.41 Å². The lowest BCUT2D eigenvalue weighted by Gasteiger charge is -2.34. The predicted octanol–water partition coefficient (Wildman–Crippen LogP) is 4.70. The Hall–Kier alpha value is -3.68. The van der Waals surface area contributed by atoms with Gasteiger partial charge in [0.1, 0.15) is 23.2 Å².